The van der Waals surface area contributed by atoms with Gasteiger partial charge in [-0.05, 0) is 18.1 Å². The third kappa shape index (κ3) is 3.03. The Bertz CT molecular complexity index is 363. The summed E-state index contributed by atoms with van der Waals surface area (Å²) in [6.07, 6.45) is 2.12. The Kier molecular flexibility index (Phi) is 3.86. The van der Waals surface area contributed by atoms with E-state index in [1.54, 1.807) is 6.08 Å². The van der Waals surface area contributed by atoms with Crippen molar-refractivity contribution in [2.75, 3.05) is 5.88 Å². The topological polar surface area (TPSA) is 0 Å². The molecule has 0 radical (unpaired) electrons. The maximum Gasteiger partial charge on any atom is 0.129 e. The molecule has 82 valence electrons. The lowest BCUT2D eigenvalue weighted by Crippen LogP contribution is -2.19. The fourth-order valence-corrected chi connectivity index (χ4v) is 1.48. The van der Waals surface area contributed by atoms with Crippen molar-refractivity contribution in [3.63, 3.8) is 0 Å². The molecule has 3 heteroatoms. The van der Waals surface area contributed by atoms with E-state index in [1.807, 2.05) is 6.92 Å². The third-order valence-corrected chi connectivity index (χ3v) is 3.02. The van der Waals surface area contributed by atoms with E-state index in [1.165, 1.54) is 12.1 Å². The van der Waals surface area contributed by atoms with Crippen molar-refractivity contribution in [2.45, 2.75) is 13.3 Å². The van der Waals surface area contributed by atoms with Crippen LogP contribution in [0, 0.1) is 17.0 Å². The van der Waals surface area contributed by atoms with Gasteiger partial charge in [0.05, 0.1) is 0 Å². The molecule has 0 aliphatic carbocycles. The largest absolute Gasteiger partial charge is 0.207 e. The molecule has 0 heterocycles. The molecule has 0 aliphatic rings. The summed E-state index contributed by atoms with van der Waals surface area (Å²) in [6.45, 7) is 5.55. The predicted octanol–water partition coefficient (Wildman–Crippen LogP) is 3.94. The van der Waals surface area contributed by atoms with Crippen molar-refractivity contribution >= 4 is 11.6 Å². The maximum absolute atomic E-state index is 13.3. The van der Waals surface area contributed by atoms with Crippen molar-refractivity contribution in [1.29, 1.82) is 0 Å². The fraction of sp³-hybridized carbons (Fsp3) is 0.333. The van der Waals surface area contributed by atoms with Crippen molar-refractivity contribution in [1.82, 2.24) is 0 Å². The average molecular weight is 231 g/mol. The van der Waals surface area contributed by atoms with E-state index in [-0.39, 0.29) is 5.41 Å². The molecule has 0 saturated carbocycles. The highest BCUT2D eigenvalue weighted by Crippen LogP contribution is 2.26. The van der Waals surface area contributed by atoms with Gasteiger partial charge in [0.15, 0.2) is 0 Å². The van der Waals surface area contributed by atoms with Gasteiger partial charge >= 0.3 is 0 Å². The average Bonchev–Trinajstić information content (AvgIpc) is 2.22. The second kappa shape index (κ2) is 4.75. The quantitative estimate of drug-likeness (QED) is 0.543. The van der Waals surface area contributed by atoms with Crippen molar-refractivity contribution in [3.05, 3.63) is 48.1 Å². The zero-order valence-corrected chi connectivity index (χ0v) is 9.32. The fourth-order valence-electron chi connectivity index (χ4n) is 1.27. The van der Waals surface area contributed by atoms with E-state index in [2.05, 4.69) is 6.58 Å². The van der Waals surface area contributed by atoms with E-state index in [0.717, 1.165) is 6.07 Å². The maximum atomic E-state index is 13.3. The van der Waals surface area contributed by atoms with Gasteiger partial charge in [-0.15, -0.1) is 18.2 Å². The first-order chi connectivity index (χ1) is 7.00. The summed E-state index contributed by atoms with van der Waals surface area (Å²) >= 11 is 5.77. The van der Waals surface area contributed by atoms with Crippen LogP contribution in [-0.4, -0.2) is 5.88 Å². The van der Waals surface area contributed by atoms with Gasteiger partial charge in [-0.2, -0.15) is 0 Å². The van der Waals surface area contributed by atoms with Crippen LogP contribution in [0.3, 0.4) is 0 Å². The van der Waals surface area contributed by atoms with Crippen LogP contribution < -0.4 is 0 Å². The summed E-state index contributed by atoms with van der Waals surface area (Å²) in [5.74, 6) is -0.747. The highest BCUT2D eigenvalue weighted by atomic mass is 35.5. The number of benzene rings is 1. The van der Waals surface area contributed by atoms with Gasteiger partial charge in [0.2, 0.25) is 0 Å². The number of hydrogen-bond acceptors (Lipinski definition) is 0. The molecule has 0 fully saturated rings. The molecule has 0 aromatic heterocycles. The van der Waals surface area contributed by atoms with Gasteiger partial charge in [0.1, 0.15) is 11.6 Å². The van der Waals surface area contributed by atoms with Crippen LogP contribution in [0.15, 0.2) is 30.9 Å². The molecule has 0 saturated heterocycles. The summed E-state index contributed by atoms with van der Waals surface area (Å²) in [7, 11) is 0. The van der Waals surface area contributed by atoms with Crippen LogP contribution in [0.1, 0.15) is 12.5 Å². The lowest BCUT2D eigenvalue weighted by Gasteiger charge is -2.22. The zero-order valence-electron chi connectivity index (χ0n) is 8.56. The van der Waals surface area contributed by atoms with E-state index in [4.69, 9.17) is 11.6 Å². The summed E-state index contributed by atoms with van der Waals surface area (Å²) in [5, 5.41) is 0. The summed E-state index contributed by atoms with van der Waals surface area (Å²) < 4.78 is 26.0. The summed E-state index contributed by atoms with van der Waals surface area (Å²) in [5.41, 5.74) is 0.0969. The normalized spacial score (nSPS) is 14.7. The molecule has 1 rings (SSSR count). The Labute approximate surface area is 93.6 Å². The molecule has 1 aromatic carbocycles. The number of alkyl halides is 1. The second-order valence-electron chi connectivity index (χ2n) is 3.90. The Morgan fingerprint density at radius 3 is 2.60 bits per heavy atom. The van der Waals surface area contributed by atoms with Crippen LogP contribution in [-0.2, 0) is 6.42 Å². The minimum absolute atomic E-state index is 0.354. The van der Waals surface area contributed by atoms with Gasteiger partial charge in [-0.25, -0.2) is 8.78 Å². The van der Waals surface area contributed by atoms with E-state index < -0.39 is 11.6 Å². The zero-order chi connectivity index (χ0) is 11.5. The minimum Gasteiger partial charge on any atom is -0.207 e. The Morgan fingerprint density at radius 1 is 1.47 bits per heavy atom. The van der Waals surface area contributed by atoms with Crippen LogP contribution in [0.5, 0.6) is 0 Å². The van der Waals surface area contributed by atoms with Crippen LogP contribution in [0.4, 0.5) is 8.78 Å². The minimum atomic E-state index is -0.567. The number of halogens is 3. The molecule has 0 amide bonds. The van der Waals surface area contributed by atoms with Gasteiger partial charge < -0.3 is 0 Å². The Morgan fingerprint density at radius 2 is 2.13 bits per heavy atom. The molecule has 0 bridgehead atoms. The van der Waals surface area contributed by atoms with Gasteiger partial charge in [-0.1, -0.05) is 19.1 Å². The molecule has 0 aliphatic heterocycles. The highest BCUT2D eigenvalue weighted by Gasteiger charge is 2.21. The lowest BCUT2D eigenvalue weighted by atomic mass is 9.85. The predicted molar refractivity (Wildman–Crippen MR) is 59.1 cm³/mol. The van der Waals surface area contributed by atoms with Crippen molar-refractivity contribution in [2.24, 2.45) is 5.41 Å². The van der Waals surface area contributed by atoms with Crippen LogP contribution in [0.2, 0.25) is 0 Å². The van der Waals surface area contributed by atoms with Crippen molar-refractivity contribution in [3.8, 4) is 0 Å². The SMILES string of the molecule is C=CC(C)(CCl)Cc1ccc(F)cc1F. The number of hydrogen-bond donors (Lipinski definition) is 0. The molecule has 0 N–H and O–H groups in total. The molecule has 1 atom stereocenters. The first kappa shape index (κ1) is 12.2. The van der Waals surface area contributed by atoms with Crippen LogP contribution in [0.25, 0.3) is 0 Å². The number of rotatable bonds is 4. The second-order valence-corrected chi connectivity index (χ2v) is 4.17. The Hall–Kier alpha value is -0.890. The van der Waals surface area contributed by atoms with Gasteiger partial charge in [-0.3, -0.25) is 0 Å². The van der Waals surface area contributed by atoms with Crippen molar-refractivity contribution < 1.29 is 8.78 Å². The summed E-state index contributed by atoms with van der Waals surface area (Å²) in [6, 6.07) is 3.57. The third-order valence-electron chi connectivity index (χ3n) is 2.41. The van der Waals surface area contributed by atoms with Crippen LogP contribution >= 0.6 is 11.6 Å². The smallest absolute Gasteiger partial charge is 0.129 e. The van der Waals surface area contributed by atoms with E-state index in [0.29, 0.717) is 17.9 Å². The Balaban J connectivity index is 2.94. The number of allylic oxidation sites excluding steroid dienone is 1. The molecule has 15 heavy (non-hydrogen) atoms. The first-order valence-corrected chi connectivity index (χ1v) is 5.18. The first-order valence-electron chi connectivity index (χ1n) is 4.64. The molecule has 0 nitrogen and oxygen atoms in total. The van der Waals surface area contributed by atoms with Gasteiger partial charge in [0.25, 0.3) is 0 Å². The highest BCUT2D eigenvalue weighted by molar-refractivity contribution is 6.18. The molecular weight excluding hydrogens is 218 g/mol. The molecular formula is C12H13ClF2. The monoisotopic (exact) mass is 230 g/mol. The molecule has 0 spiro atoms. The van der Waals surface area contributed by atoms with E-state index in [9.17, 15) is 8.78 Å². The molecule has 1 aromatic rings. The van der Waals surface area contributed by atoms with E-state index >= 15 is 0 Å². The van der Waals surface area contributed by atoms with Gasteiger partial charge in [0, 0.05) is 17.4 Å². The lowest BCUT2D eigenvalue weighted by molar-refractivity contribution is 0.467. The summed E-state index contributed by atoms with van der Waals surface area (Å²) in [4.78, 5) is 0. The molecule has 1 unspecified atom stereocenters. The standard InChI is InChI=1S/C12H13ClF2/c1-3-12(2,8-13)7-9-4-5-10(14)6-11(9)15/h3-6H,1,7-8H2,2H3.